The Labute approximate surface area is 145 Å². The summed E-state index contributed by atoms with van der Waals surface area (Å²) in [6, 6.07) is 15.5. The Morgan fingerprint density at radius 2 is 1.88 bits per heavy atom. The van der Waals surface area contributed by atoms with E-state index in [1.807, 2.05) is 43.3 Å². The SMILES string of the molecule is Cc1cccc(C[C@@H](NC(=O)c2cccc3cccnc23)C(=O)O)c1. The number of para-hydroxylation sites is 1. The fourth-order valence-corrected chi connectivity index (χ4v) is 2.80. The summed E-state index contributed by atoms with van der Waals surface area (Å²) in [4.78, 5) is 28.4. The second-order valence-electron chi connectivity index (χ2n) is 5.94. The number of nitrogens with one attached hydrogen (secondary N) is 1. The molecule has 2 N–H and O–H groups in total. The first-order valence-corrected chi connectivity index (χ1v) is 7.97. The van der Waals surface area contributed by atoms with Crippen LogP contribution in [0.5, 0.6) is 0 Å². The van der Waals surface area contributed by atoms with E-state index in [4.69, 9.17) is 0 Å². The Hall–Kier alpha value is -3.21. The van der Waals surface area contributed by atoms with Gasteiger partial charge in [-0.15, -0.1) is 0 Å². The van der Waals surface area contributed by atoms with Gasteiger partial charge in [0.05, 0.1) is 11.1 Å². The molecule has 2 aromatic carbocycles. The minimum Gasteiger partial charge on any atom is -0.480 e. The van der Waals surface area contributed by atoms with Gasteiger partial charge in [-0.2, -0.15) is 0 Å². The molecule has 0 bridgehead atoms. The second kappa shape index (κ2) is 7.13. The molecule has 1 aromatic heterocycles. The molecule has 0 unspecified atom stereocenters. The fourth-order valence-electron chi connectivity index (χ4n) is 2.80. The molecule has 0 fully saturated rings. The predicted octanol–water partition coefficient (Wildman–Crippen LogP) is 2.97. The largest absolute Gasteiger partial charge is 0.480 e. The third-order valence-corrected chi connectivity index (χ3v) is 4.00. The van der Waals surface area contributed by atoms with Crippen molar-refractivity contribution in [1.82, 2.24) is 10.3 Å². The van der Waals surface area contributed by atoms with E-state index in [1.54, 1.807) is 24.4 Å². The normalized spacial score (nSPS) is 11.9. The zero-order valence-corrected chi connectivity index (χ0v) is 13.8. The molecule has 126 valence electrons. The minimum absolute atomic E-state index is 0.223. The number of aliphatic carboxylic acids is 1. The molecule has 25 heavy (non-hydrogen) atoms. The van der Waals surface area contributed by atoms with Crippen molar-refractivity contribution in [1.29, 1.82) is 0 Å². The number of nitrogens with zero attached hydrogens (tertiary/aromatic N) is 1. The average molecular weight is 334 g/mol. The van der Waals surface area contributed by atoms with Gasteiger partial charge in [-0.1, -0.05) is 48.0 Å². The maximum Gasteiger partial charge on any atom is 0.326 e. The van der Waals surface area contributed by atoms with E-state index in [1.165, 1.54) is 0 Å². The lowest BCUT2D eigenvalue weighted by atomic mass is 10.0. The van der Waals surface area contributed by atoms with Crippen LogP contribution in [0.15, 0.2) is 60.8 Å². The van der Waals surface area contributed by atoms with Gasteiger partial charge in [0.15, 0.2) is 0 Å². The predicted molar refractivity (Wildman–Crippen MR) is 95.5 cm³/mol. The Balaban J connectivity index is 1.84. The van der Waals surface area contributed by atoms with E-state index in [-0.39, 0.29) is 6.42 Å². The molecule has 5 nitrogen and oxygen atoms in total. The third-order valence-electron chi connectivity index (χ3n) is 4.00. The number of amides is 1. The third kappa shape index (κ3) is 3.83. The standard InChI is InChI=1S/C20H18N2O3/c1-13-5-2-6-14(11-13)12-17(20(24)25)22-19(23)16-9-3-7-15-8-4-10-21-18(15)16/h2-11,17H,12H2,1H3,(H,22,23)(H,24,25)/t17-/m1/s1. The van der Waals surface area contributed by atoms with Gasteiger partial charge in [0.2, 0.25) is 0 Å². The number of carbonyl (C=O) groups excluding carboxylic acids is 1. The molecule has 3 aromatic rings. The Morgan fingerprint density at radius 3 is 2.64 bits per heavy atom. The summed E-state index contributed by atoms with van der Waals surface area (Å²) in [6.07, 6.45) is 1.83. The average Bonchev–Trinajstić information content (AvgIpc) is 2.60. The number of pyridine rings is 1. The summed E-state index contributed by atoms with van der Waals surface area (Å²) in [7, 11) is 0. The van der Waals surface area contributed by atoms with Crippen LogP contribution in [0.1, 0.15) is 21.5 Å². The summed E-state index contributed by atoms with van der Waals surface area (Å²) < 4.78 is 0. The number of carbonyl (C=O) groups is 2. The van der Waals surface area contributed by atoms with Gasteiger partial charge in [-0.3, -0.25) is 9.78 Å². The van der Waals surface area contributed by atoms with Crippen LogP contribution in [0.25, 0.3) is 10.9 Å². The maximum atomic E-state index is 12.6. The number of aromatic nitrogens is 1. The number of rotatable bonds is 5. The molecule has 1 heterocycles. The molecule has 0 radical (unpaired) electrons. The summed E-state index contributed by atoms with van der Waals surface area (Å²) in [6.45, 7) is 1.94. The van der Waals surface area contributed by atoms with Gasteiger partial charge in [0.1, 0.15) is 6.04 Å². The second-order valence-corrected chi connectivity index (χ2v) is 5.94. The van der Waals surface area contributed by atoms with Crippen LogP contribution in [0, 0.1) is 6.92 Å². The Morgan fingerprint density at radius 1 is 1.12 bits per heavy atom. The summed E-state index contributed by atoms with van der Waals surface area (Å²) in [5.74, 6) is -1.51. The molecule has 5 heteroatoms. The van der Waals surface area contributed by atoms with Gasteiger partial charge >= 0.3 is 5.97 Å². The van der Waals surface area contributed by atoms with E-state index in [0.717, 1.165) is 16.5 Å². The smallest absolute Gasteiger partial charge is 0.326 e. The molecule has 0 aliphatic heterocycles. The van der Waals surface area contributed by atoms with Gasteiger partial charge in [-0.25, -0.2) is 4.79 Å². The quantitative estimate of drug-likeness (QED) is 0.752. The van der Waals surface area contributed by atoms with Crippen molar-refractivity contribution in [3.05, 3.63) is 77.5 Å². The van der Waals surface area contributed by atoms with E-state index in [2.05, 4.69) is 10.3 Å². The maximum absolute atomic E-state index is 12.6. The summed E-state index contributed by atoms with van der Waals surface area (Å²) in [5.41, 5.74) is 2.84. The van der Waals surface area contributed by atoms with Crippen LogP contribution in [0.4, 0.5) is 0 Å². The van der Waals surface area contributed by atoms with Crippen LogP contribution < -0.4 is 5.32 Å². The Bertz CT molecular complexity index is 932. The molecule has 0 aliphatic rings. The lowest BCUT2D eigenvalue weighted by Gasteiger charge is -2.15. The zero-order valence-electron chi connectivity index (χ0n) is 13.8. The topological polar surface area (TPSA) is 79.3 Å². The zero-order chi connectivity index (χ0) is 17.8. The number of hydrogen-bond donors (Lipinski definition) is 2. The van der Waals surface area contributed by atoms with Crippen molar-refractivity contribution in [3.8, 4) is 0 Å². The van der Waals surface area contributed by atoms with Crippen molar-refractivity contribution in [2.75, 3.05) is 0 Å². The van der Waals surface area contributed by atoms with Gasteiger partial charge in [0, 0.05) is 18.0 Å². The van der Waals surface area contributed by atoms with E-state index in [9.17, 15) is 14.7 Å². The van der Waals surface area contributed by atoms with Crippen LogP contribution >= 0.6 is 0 Å². The molecule has 3 rings (SSSR count). The number of fused-ring (bicyclic) bond motifs is 1. The highest BCUT2D eigenvalue weighted by atomic mass is 16.4. The number of hydrogen-bond acceptors (Lipinski definition) is 3. The highest BCUT2D eigenvalue weighted by Gasteiger charge is 2.22. The molecular weight excluding hydrogens is 316 g/mol. The summed E-state index contributed by atoms with van der Waals surface area (Å²) in [5, 5.41) is 12.9. The highest BCUT2D eigenvalue weighted by molar-refractivity contribution is 6.06. The number of benzene rings is 2. The van der Waals surface area contributed by atoms with Gasteiger partial charge in [-0.05, 0) is 24.6 Å². The number of carboxylic acid groups (broad SMARTS) is 1. The van der Waals surface area contributed by atoms with Gasteiger partial charge in [0.25, 0.3) is 5.91 Å². The molecular formula is C20H18N2O3. The highest BCUT2D eigenvalue weighted by Crippen LogP contribution is 2.16. The van der Waals surface area contributed by atoms with Crippen molar-refractivity contribution in [3.63, 3.8) is 0 Å². The van der Waals surface area contributed by atoms with E-state index < -0.39 is 17.9 Å². The monoisotopic (exact) mass is 334 g/mol. The Kier molecular flexibility index (Phi) is 4.75. The lowest BCUT2D eigenvalue weighted by molar-refractivity contribution is -0.139. The lowest BCUT2D eigenvalue weighted by Crippen LogP contribution is -2.42. The van der Waals surface area contributed by atoms with Gasteiger partial charge < -0.3 is 10.4 Å². The first-order valence-electron chi connectivity index (χ1n) is 7.97. The minimum atomic E-state index is -1.07. The molecule has 1 amide bonds. The number of aryl methyl sites for hydroxylation is 1. The van der Waals surface area contributed by atoms with Crippen LogP contribution in [0.3, 0.4) is 0 Å². The van der Waals surface area contributed by atoms with E-state index in [0.29, 0.717) is 11.1 Å². The van der Waals surface area contributed by atoms with Crippen molar-refractivity contribution in [2.24, 2.45) is 0 Å². The summed E-state index contributed by atoms with van der Waals surface area (Å²) >= 11 is 0. The van der Waals surface area contributed by atoms with Crippen LogP contribution in [-0.4, -0.2) is 28.0 Å². The van der Waals surface area contributed by atoms with Crippen molar-refractivity contribution >= 4 is 22.8 Å². The fraction of sp³-hybridized carbons (Fsp3) is 0.150. The first-order chi connectivity index (χ1) is 12.0. The molecule has 1 atom stereocenters. The molecule has 0 spiro atoms. The first kappa shape index (κ1) is 16.6. The van der Waals surface area contributed by atoms with Crippen LogP contribution in [0.2, 0.25) is 0 Å². The molecule has 0 saturated heterocycles. The van der Waals surface area contributed by atoms with Crippen molar-refractivity contribution in [2.45, 2.75) is 19.4 Å². The van der Waals surface area contributed by atoms with Crippen LogP contribution in [-0.2, 0) is 11.2 Å². The van der Waals surface area contributed by atoms with Crippen molar-refractivity contribution < 1.29 is 14.7 Å². The molecule has 0 aliphatic carbocycles. The number of carboxylic acids is 1. The van der Waals surface area contributed by atoms with E-state index >= 15 is 0 Å². The molecule has 0 saturated carbocycles.